The lowest BCUT2D eigenvalue weighted by atomic mass is 9.93. The number of fused-ring (bicyclic) bond motifs is 4. The summed E-state index contributed by atoms with van der Waals surface area (Å²) in [6.07, 6.45) is 0.527. The van der Waals surface area contributed by atoms with E-state index in [1.807, 2.05) is 45.0 Å². The van der Waals surface area contributed by atoms with Crippen LogP contribution in [0.2, 0.25) is 0 Å². The molecular formula is C30H35N3O4. The summed E-state index contributed by atoms with van der Waals surface area (Å²) in [6.45, 7) is 11.5. The predicted octanol–water partition coefficient (Wildman–Crippen LogP) is 4.40. The highest BCUT2D eigenvalue weighted by atomic mass is 16.6. The van der Waals surface area contributed by atoms with Gasteiger partial charge in [-0.1, -0.05) is 44.2 Å². The quantitative estimate of drug-likeness (QED) is 0.486. The Bertz CT molecular complexity index is 1360. The standard InChI is InChI=1S/C30H35N3O4/c1-19(2)15-31-18-27(34)33-17-26-23(14-25(33)28(31)35)22-8-6-7-9-24(22)32(26)16-20-10-12-21(13-11-20)29(36)37-30(3,4)5/h6-13,19,25H,14-18H2,1-5H3. The van der Waals surface area contributed by atoms with Crippen molar-refractivity contribution in [2.24, 2.45) is 5.92 Å². The molecule has 0 aliphatic carbocycles. The summed E-state index contributed by atoms with van der Waals surface area (Å²) in [5.74, 6) is 0.0303. The molecule has 194 valence electrons. The van der Waals surface area contributed by atoms with Crippen LogP contribution in [-0.2, 0) is 33.8 Å². The summed E-state index contributed by atoms with van der Waals surface area (Å²) in [7, 11) is 0. The molecule has 0 radical (unpaired) electrons. The number of carbonyl (C=O) groups is 3. The van der Waals surface area contributed by atoms with Gasteiger partial charge in [0.05, 0.1) is 18.7 Å². The van der Waals surface area contributed by atoms with Crippen LogP contribution in [0.25, 0.3) is 10.9 Å². The molecule has 0 N–H and O–H groups in total. The summed E-state index contributed by atoms with van der Waals surface area (Å²) in [4.78, 5) is 42.4. The van der Waals surface area contributed by atoms with Crippen LogP contribution in [-0.4, -0.2) is 56.9 Å². The monoisotopic (exact) mass is 501 g/mol. The Morgan fingerprint density at radius 2 is 1.73 bits per heavy atom. The lowest BCUT2D eigenvalue weighted by molar-refractivity contribution is -0.157. The van der Waals surface area contributed by atoms with E-state index >= 15 is 0 Å². The molecule has 37 heavy (non-hydrogen) atoms. The van der Waals surface area contributed by atoms with E-state index in [4.69, 9.17) is 4.74 Å². The molecule has 0 saturated carbocycles. The minimum Gasteiger partial charge on any atom is -0.456 e. The van der Waals surface area contributed by atoms with Crippen LogP contribution in [0.4, 0.5) is 0 Å². The van der Waals surface area contributed by atoms with Crippen LogP contribution in [0.3, 0.4) is 0 Å². The summed E-state index contributed by atoms with van der Waals surface area (Å²) in [6, 6.07) is 15.3. The number of benzene rings is 2. The fraction of sp³-hybridized carbons (Fsp3) is 0.433. The molecule has 1 unspecified atom stereocenters. The van der Waals surface area contributed by atoms with Gasteiger partial charge in [-0.2, -0.15) is 0 Å². The third-order valence-corrected chi connectivity index (χ3v) is 7.05. The number of ether oxygens (including phenoxy) is 1. The molecular weight excluding hydrogens is 466 g/mol. The van der Waals surface area contributed by atoms with Crippen molar-refractivity contribution in [2.75, 3.05) is 13.1 Å². The number of hydrogen-bond donors (Lipinski definition) is 0. The maximum absolute atomic E-state index is 13.3. The fourth-order valence-electron chi connectivity index (χ4n) is 5.48. The molecule has 1 aromatic heterocycles. The van der Waals surface area contributed by atoms with E-state index in [-0.39, 0.29) is 24.3 Å². The number of aromatic nitrogens is 1. The van der Waals surface area contributed by atoms with E-state index in [2.05, 4.69) is 30.5 Å². The van der Waals surface area contributed by atoms with Gasteiger partial charge in [0, 0.05) is 36.1 Å². The van der Waals surface area contributed by atoms with Crippen LogP contribution in [0.5, 0.6) is 0 Å². The molecule has 7 nitrogen and oxygen atoms in total. The molecule has 0 spiro atoms. The number of nitrogens with zero attached hydrogens (tertiary/aromatic N) is 3. The number of amides is 2. The molecule has 0 bridgehead atoms. The van der Waals surface area contributed by atoms with Crippen molar-refractivity contribution in [2.45, 2.75) is 65.8 Å². The van der Waals surface area contributed by atoms with Crippen LogP contribution >= 0.6 is 0 Å². The smallest absolute Gasteiger partial charge is 0.338 e. The second-order valence-electron chi connectivity index (χ2n) is 11.6. The molecule has 3 heterocycles. The van der Waals surface area contributed by atoms with Gasteiger partial charge in [0.2, 0.25) is 11.8 Å². The van der Waals surface area contributed by atoms with E-state index < -0.39 is 11.6 Å². The summed E-state index contributed by atoms with van der Waals surface area (Å²) in [5.41, 5.74) is 4.33. The molecule has 1 fully saturated rings. The zero-order chi connectivity index (χ0) is 26.5. The first-order chi connectivity index (χ1) is 17.5. The average Bonchev–Trinajstić information content (AvgIpc) is 3.13. The van der Waals surface area contributed by atoms with Crippen molar-refractivity contribution in [3.05, 3.63) is 70.9 Å². The van der Waals surface area contributed by atoms with Crippen molar-refractivity contribution in [3.63, 3.8) is 0 Å². The Morgan fingerprint density at radius 3 is 2.41 bits per heavy atom. The highest BCUT2D eigenvalue weighted by Gasteiger charge is 2.43. The van der Waals surface area contributed by atoms with Gasteiger partial charge in [0.15, 0.2) is 0 Å². The average molecular weight is 502 g/mol. The Labute approximate surface area is 218 Å². The van der Waals surface area contributed by atoms with Gasteiger partial charge in [-0.25, -0.2) is 4.79 Å². The molecule has 2 aromatic carbocycles. The highest BCUT2D eigenvalue weighted by Crippen LogP contribution is 2.35. The third-order valence-electron chi connectivity index (χ3n) is 7.05. The first-order valence-electron chi connectivity index (χ1n) is 13.0. The fourth-order valence-corrected chi connectivity index (χ4v) is 5.48. The number of hydrogen-bond acceptors (Lipinski definition) is 4. The Hall–Kier alpha value is -3.61. The molecule has 3 aromatic rings. The minimum atomic E-state index is -0.546. The van der Waals surface area contributed by atoms with Crippen LogP contribution in [0.1, 0.15) is 61.8 Å². The van der Waals surface area contributed by atoms with E-state index in [0.29, 0.717) is 37.5 Å². The molecule has 2 aliphatic rings. The molecule has 1 saturated heterocycles. The zero-order valence-corrected chi connectivity index (χ0v) is 22.3. The van der Waals surface area contributed by atoms with E-state index in [0.717, 1.165) is 27.7 Å². The number of piperazine rings is 1. The van der Waals surface area contributed by atoms with Gasteiger partial charge in [-0.3, -0.25) is 9.59 Å². The molecule has 1 atom stereocenters. The van der Waals surface area contributed by atoms with Crippen LogP contribution in [0.15, 0.2) is 48.5 Å². The number of para-hydroxylation sites is 1. The summed E-state index contributed by atoms with van der Waals surface area (Å²) < 4.78 is 7.74. The predicted molar refractivity (Wildman–Crippen MR) is 142 cm³/mol. The number of esters is 1. The van der Waals surface area contributed by atoms with Crippen molar-refractivity contribution in [3.8, 4) is 0 Å². The first kappa shape index (κ1) is 25.1. The van der Waals surface area contributed by atoms with E-state index in [1.165, 1.54) is 0 Å². The molecule has 2 aliphatic heterocycles. The van der Waals surface area contributed by atoms with Crippen molar-refractivity contribution in [1.82, 2.24) is 14.4 Å². The maximum atomic E-state index is 13.3. The number of rotatable bonds is 5. The van der Waals surface area contributed by atoms with Crippen molar-refractivity contribution >= 4 is 28.7 Å². The van der Waals surface area contributed by atoms with Gasteiger partial charge in [-0.05, 0) is 56.0 Å². The van der Waals surface area contributed by atoms with Crippen LogP contribution < -0.4 is 0 Å². The largest absolute Gasteiger partial charge is 0.456 e. The SMILES string of the molecule is CC(C)CN1CC(=O)N2Cc3c(c4ccccc4n3Cc3ccc(C(=O)OC(C)(C)C)cc3)CC2C1=O. The Morgan fingerprint density at radius 1 is 1.03 bits per heavy atom. The summed E-state index contributed by atoms with van der Waals surface area (Å²) >= 11 is 0. The molecule has 5 rings (SSSR count). The lowest BCUT2D eigenvalue weighted by Crippen LogP contribution is -2.62. The van der Waals surface area contributed by atoms with Crippen molar-refractivity contribution in [1.29, 1.82) is 0 Å². The van der Waals surface area contributed by atoms with Crippen molar-refractivity contribution < 1.29 is 19.1 Å². The van der Waals surface area contributed by atoms with Gasteiger partial charge in [0.25, 0.3) is 0 Å². The third kappa shape index (κ3) is 4.87. The summed E-state index contributed by atoms with van der Waals surface area (Å²) in [5, 5.41) is 1.13. The minimum absolute atomic E-state index is 0.00872. The normalized spacial score (nSPS) is 17.8. The highest BCUT2D eigenvalue weighted by molar-refractivity contribution is 5.97. The zero-order valence-electron chi connectivity index (χ0n) is 22.3. The first-order valence-corrected chi connectivity index (χ1v) is 13.0. The van der Waals surface area contributed by atoms with Gasteiger partial charge in [0.1, 0.15) is 11.6 Å². The number of carbonyl (C=O) groups excluding carboxylic acids is 3. The topological polar surface area (TPSA) is 71.8 Å². The van der Waals surface area contributed by atoms with E-state index in [1.54, 1.807) is 21.9 Å². The molecule has 2 amide bonds. The molecule has 7 heteroatoms. The van der Waals surface area contributed by atoms with E-state index in [9.17, 15) is 14.4 Å². The van der Waals surface area contributed by atoms with Gasteiger partial charge in [-0.15, -0.1) is 0 Å². The maximum Gasteiger partial charge on any atom is 0.338 e. The van der Waals surface area contributed by atoms with Crippen LogP contribution in [0, 0.1) is 5.92 Å². The Kier molecular flexibility index (Phi) is 6.34. The Balaban J connectivity index is 1.46. The second kappa shape index (κ2) is 9.36. The van der Waals surface area contributed by atoms with Gasteiger partial charge < -0.3 is 19.1 Å². The lowest BCUT2D eigenvalue weighted by Gasteiger charge is -2.43. The second-order valence-corrected chi connectivity index (χ2v) is 11.6. The van der Waals surface area contributed by atoms with Gasteiger partial charge >= 0.3 is 5.97 Å².